The number of ketones is 1. The summed E-state index contributed by atoms with van der Waals surface area (Å²) in [6.45, 7) is 14.0. The first-order chi connectivity index (χ1) is 29.5. The second-order valence-corrected chi connectivity index (χ2v) is 20.7. The van der Waals surface area contributed by atoms with Crippen LogP contribution >= 0.6 is 22.9 Å². The number of aliphatic carboxylic acids is 1. The summed E-state index contributed by atoms with van der Waals surface area (Å²) in [5, 5.41) is 20.6. The summed E-state index contributed by atoms with van der Waals surface area (Å²) in [7, 11) is 0. The van der Waals surface area contributed by atoms with Gasteiger partial charge in [-0.1, -0.05) is 45.7 Å². The van der Waals surface area contributed by atoms with E-state index in [2.05, 4.69) is 10.6 Å². The van der Waals surface area contributed by atoms with Crippen LogP contribution in [-0.2, 0) is 28.7 Å². The van der Waals surface area contributed by atoms with Crippen molar-refractivity contribution in [2.45, 2.75) is 123 Å². The molecule has 9 atom stereocenters. The third kappa shape index (κ3) is 9.56. The summed E-state index contributed by atoms with van der Waals surface area (Å²) in [6.07, 6.45) is 3.01. The number of halogens is 1. The molecular formula is C46H60ClN5O9S. The number of thiazole rings is 1. The van der Waals surface area contributed by atoms with Crippen LogP contribution in [0.15, 0.2) is 23.6 Å². The SMILES string of the molecule is CC[C@@H]1C[C@]1(CC(=O)[C@@H]1C[C@@H](Oc2cc(-c3csc(NC(C)C)n3)nc3c(Cl)c(OC[C@@H]4COCCN4)ccc23)CN1C(=O)[C@@H](CC(=O)OC1C[C@@H]2C[C@@H]2C1)C(C)(C)C)C(=O)O. The number of hydrogen-bond acceptors (Lipinski definition) is 13. The van der Waals surface area contributed by atoms with Gasteiger partial charge in [0.2, 0.25) is 5.91 Å². The monoisotopic (exact) mass is 893 g/mol. The predicted octanol–water partition coefficient (Wildman–Crippen LogP) is 7.40. The Bertz CT molecular complexity index is 2180. The number of anilines is 1. The average Bonchev–Trinajstić information content (AvgIpc) is 3.90. The van der Waals surface area contributed by atoms with Crippen molar-refractivity contribution in [1.29, 1.82) is 0 Å². The van der Waals surface area contributed by atoms with Gasteiger partial charge < -0.3 is 39.6 Å². The van der Waals surface area contributed by atoms with Gasteiger partial charge in [0.05, 0.1) is 60.8 Å². The molecule has 2 aliphatic heterocycles. The number of rotatable bonds is 17. The Morgan fingerprint density at radius 2 is 1.85 bits per heavy atom. The van der Waals surface area contributed by atoms with E-state index in [0.29, 0.717) is 83.3 Å². The molecule has 1 aromatic carbocycles. The molecule has 3 N–H and O–H groups in total. The average molecular weight is 895 g/mol. The number of carbonyl (C=O) groups is 4. The Kier molecular flexibility index (Phi) is 12.8. The first-order valence-electron chi connectivity index (χ1n) is 22.2. The van der Waals surface area contributed by atoms with E-state index in [1.54, 1.807) is 12.1 Å². The number of pyridine rings is 1. The van der Waals surface area contributed by atoms with Crippen molar-refractivity contribution in [3.05, 3.63) is 28.6 Å². The van der Waals surface area contributed by atoms with Crippen LogP contribution in [0, 0.1) is 34.5 Å². The Morgan fingerprint density at radius 3 is 2.52 bits per heavy atom. The number of esters is 1. The van der Waals surface area contributed by atoms with Gasteiger partial charge in [-0.15, -0.1) is 11.3 Å². The lowest BCUT2D eigenvalue weighted by Crippen LogP contribution is -2.48. The van der Waals surface area contributed by atoms with Crippen LogP contribution in [0.4, 0.5) is 5.13 Å². The number of carboxylic acids is 1. The number of hydrogen-bond donors (Lipinski definition) is 3. The summed E-state index contributed by atoms with van der Waals surface area (Å²) in [6, 6.07) is 4.62. The molecule has 1 amide bonds. The summed E-state index contributed by atoms with van der Waals surface area (Å²) in [5.74, 6) is -0.848. The number of morpholine rings is 1. The van der Waals surface area contributed by atoms with Crippen LogP contribution in [0.25, 0.3) is 22.3 Å². The molecule has 3 aliphatic carbocycles. The van der Waals surface area contributed by atoms with E-state index in [1.807, 2.05) is 53.0 Å². The molecule has 3 aromatic rings. The quantitative estimate of drug-likeness (QED) is 0.114. The Balaban J connectivity index is 1.10. The van der Waals surface area contributed by atoms with Crippen molar-refractivity contribution >= 4 is 62.6 Å². The summed E-state index contributed by atoms with van der Waals surface area (Å²) in [5.41, 5.74) is -0.262. The van der Waals surface area contributed by atoms with E-state index in [4.69, 9.17) is 40.5 Å². The van der Waals surface area contributed by atoms with Crippen LogP contribution in [0.1, 0.15) is 92.9 Å². The number of Topliss-reactive ketones (excluding diaryl/α,β-unsaturated/α-hetero) is 1. The largest absolute Gasteiger partial charge is 0.490 e. The Hall–Kier alpha value is -4.05. The number of ether oxygens (including phenoxy) is 4. The first kappa shape index (κ1) is 44.6. The van der Waals surface area contributed by atoms with Crippen molar-refractivity contribution < 1.29 is 43.2 Å². The number of likely N-dealkylation sites (tertiary alicyclic amines) is 1. The third-order valence-electron chi connectivity index (χ3n) is 13.5. The van der Waals surface area contributed by atoms with Gasteiger partial charge in [-0.2, -0.15) is 0 Å². The van der Waals surface area contributed by atoms with Crippen molar-refractivity contribution in [2.75, 3.05) is 38.2 Å². The zero-order valence-electron chi connectivity index (χ0n) is 36.5. The highest BCUT2D eigenvalue weighted by Gasteiger charge is 2.61. The number of amides is 1. The number of carboxylic acid groups (broad SMARTS) is 1. The number of nitrogens with zero attached hydrogens (tertiary/aromatic N) is 3. The molecule has 0 radical (unpaired) electrons. The molecule has 3 saturated carbocycles. The molecule has 1 unspecified atom stereocenters. The molecule has 4 heterocycles. The maximum atomic E-state index is 14.9. The van der Waals surface area contributed by atoms with Crippen molar-refractivity contribution in [3.8, 4) is 22.9 Å². The number of carbonyl (C=O) groups excluding carboxylic acids is 3. The van der Waals surface area contributed by atoms with Crippen LogP contribution in [0.5, 0.6) is 11.5 Å². The zero-order chi connectivity index (χ0) is 44.1. The van der Waals surface area contributed by atoms with E-state index >= 15 is 0 Å². The molecular weight excluding hydrogens is 834 g/mol. The maximum Gasteiger partial charge on any atom is 0.310 e. The van der Waals surface area contributed by atoms with E-state index in [9.17, 15) is 24.3 Å². The fraction of sp³-hybridized carbons (Fsp3) is 0.652. The van der Waals surface area contributed by atoms with Gasteiger partial charge in [0, 0.05) is 42.3 Å². The standard InChI is InChI=1S/C46H60ClN5O9S/c1-7-27-18-46(27,43(56)57)19-36(53)35-15-30(20-52(35)42(55)32(45(4,5)6)16-39(54)61-29-13-25-12-26(25)14-29)60-38-17-33(34-23-62-44(51-34)49-24(2)3)50-41-31(38)8-9-37(40(41)47)59-22-28-21-58-11-10-48-28/h8-9,17,23-30,32,35,48H,7,10-16,18-22H2,1-6H3,(H,49,51)(H,56,57)/t25-,26+,27-,28+,29?,30-,32-,35+,46-/m1/s1. The van der Waals surface area contributed by atoms with E-state index < -0.39 is 40.8 Å². The molecule has 336 valence electrons. The maximum absolute atomic E-state index is 14.9. The number of nitrogens with one attached hydrogen (secondary N) is 2. The third-order valence-corrected chi connectivity index (χ3v) is 14.7. The molecule has 14 nitrogen and oxygen atoms in total. The number of aromatic nitrogens is 2. The Labute approximate surface area is 372 Å². The smallest absolute Gasteiger partial charge is 0.310 e. The second kappa shape index (κ2) is 17.8. The van der Waals surface area contributed by atoms with Gasteiger partial charge in [-0.3, -0.25) is 19.2 Å². The molecule has 0 spiro atoms. The lowest BCUT2D eigenvalue weighted by atomic mass is 9.77. The first-order valence-corrected chi connectivity index (χ1v) is 23.5. The number of benzene rings is 1. The van der Waals surface area contributed by atoms with Crippen LogP contribution in [-0.4, -0.2) is 107 Å². The van der Waals surface area contributed by atoms with Crippen LogP contribution < -0.4 is 20.1 Å². The molecule has 8 rings (SSSR count). The summed E-state index contributed by atoms with van der Waals surface area (Å²) in [4.78, 5) is 66.7. The van der Waals surface area contributed by atoms with E-state index in [0.717, 1.165) is 24.5 Å². The van der Waals surface area contributed by atoms with Crippen LogP contribution in [0.2, 0.25) is 5.02 Å². The minimum Gasteiger partial charge on any atom is -0.490 e. The second-order valence-electron chi connectivity index (χ2n) is 19.5. The van der Waals surface area contributed by atoms with E-state index in [-0.39, 0.29) is 61.6 Å². The minimum absolute atomic E-state index is 0.00117. The molecule has 16 heteroatoms. The molecule has 2 aromatic heterocycles. The van der Waals surface area contributed by atoms with Gasteiger partial charge in [0.25, 0.3) is 0 Å². The highest BCUT2D eigenvalue weighted by atomic mass is 35.5. The zero-order valence-corrected chi connectivity index (χ0v) is 38.1. The molecule has 0 bridgehead atoms. The summed E-state index contributed by atoms with van der Waals surface area (Å²) >= 11 is 8.55. The number of fused-ring (bicyclic) bond motifs is 2. The fourth-order valence-electron chi connectivity index (χ4n) is 9.80. The van der Waals surface area contributed by atoms with Crippen molar-refractivity contribution in [1.82, 2.24) is 20.2 Å². The molecule has 2 saturated heterocycles. The lowest BCUT2D eigenvalue weighted by Gasteiger charge is -2.35. The summed E-state index contributed by atoms with van der Waals surface area (Å²) < 4.78 is 24.6. The topological polar surface area (TPSA) is 179 Å². The van der Waals surface area contributed by atoms with Gasteiger partial charge >= 0.3 is 11.9 Å². The van der Waals surface area contributed by atoms with Crippen LogP contribution in [0.3, 0.4) is 0 Å². The van der Waals surface area contributed by atoms with E-state index in [1.165, 1.54) is 22.7 Å². The predicted molar refractivity (Wildman–Crippen MR) is 236 cm³/mol. The molecule has 62 heavy (non-hydrogen) atoms. The van der Waals surface area contributed by atoms with Crippen molar-refractivity contribution in [2.24, 2.45) is 34.5 Å². The van der Waals surface area contributed by atoms with Crippen molar-refractivity contribution in [3.63, 3.8) is 0 Å². The fourth-order valence-corrected chi connectivity index (χ4v) is 10.9. The molecule has 5 fully saturated rings. The highest BCUT2D eigenvalue weighted by Crippen LogP contribution is 2.58. The normalized spacial score (nSPS) is 28.4. The highest BCUT2D eigenvalue weighted by molar-refractivity contribution is 7.14. The van der Waals surface area contributed by atoms with Gasteiger partial charge in [-0.05, 0) is 74.8 Å². The van der Waals surface area contributed by atoms with Gasteiger partial charge in [-0.25, -0.2) is 9.97 Å². The lowest BCUT2D eigenvalue weighted by molar-refractivity contribution is -0.157. The van der Waals surface area contributed by atoms with Gasteiger partial charge in [0.1, 0.15) is 41.0 Å². The Morgan fingerprint density at radius 1 is 1.08 bits per heavy atom. The van der Waals surface area contributed by atoms with Gasteiger partial charge in [0.15, 0.2) is 10.9 Å². The minimum atomic E-state index is -1.15. The molecule has 5 aliphatic rings.